The second-order valence-electron chi connectivity index (χ2n) is 4.00. The zero-order chi connectivity index (χ0) is 12.3. The first kappa shape index (κ1) is 13.3. The number of aryl methyl sites for hydroxylation is 1. The third-order valence-electron chi connectivity index (χ3n) is 2.91. The molecule has 2 aromatic rings. The zero-order valence-electron chi connectivity index (χ0n) is 9.55. The van der Waals surface area contributed by atoms with E-state index in [-0.39, 0.29) is 0 Å². The van der Waals surface area contributed by atoms with Crippen LogP contribution in [0.1, 0.15) is 17.5 Å². The SMILES string of the molecule is C=Cc1ccc2cc(I)ccc2c1CCCI. The van der Waals surface area contributed by atoms with E-state index in [1.54, 1.807) is 0 Å². The molecular weight excluding hydrogens is 434 g/mol. The summed E-state index contributed by atoms with van der Waals surface area (Å²) in [7, 11) is 0. The minimum absolute atomic E-state index is 1.14. The van der Waals surface area contributed by atoms with Gasteiger partial charge in [-0.15, -0.1) is 0 Å². The molecule has 0 radical (unpaired) electrons. The summed E-state index contributed by atoms with van der Waals surface area (Å²) >= 11 is 4.80. The van der Waals surface area contributed by atoms with E-state index in [0.29, 0.717) is 0 Å². The van der Waals surface area contributed by atoms with Gasteiger partial charge in [0.1, 0.15) is 0 Å². The Balaban J connectivity index is 2.61. The lowest BCUT2D eigenvalue weighted by Crippen LogP contribution is -1.93. The molecule has 0 aliphatic heterocycles. The smallest absolute Gasteiger partial charge is 0.0136 e. The van der Waals surface area contributed by atoms with Crippen molar-refractivity contribution in [3.63, 3.8) is 0 Å². The summed E-state index contributed by atoms with van der Waals surface area (Å²) in [5.41, 5.74) is 2.73. The molecule has 0 saturated carbocycles. The van der Waals surface area contributed by atoms with E-state index in [4.69, 9.17) is 0 Å². The van der Waals surface area contributed by atoms with Crippen LogP contribution in [0.2, 0.25) is 0 Å². The molecule has 0 aliphatic carbocycles. The Morgan fingerprint density at radius 1 is 1.18 bits per heavy atom. The van der Waals surface area contributed by atoms with Crippen molar-refractivity contribution in [1.29, 1.82) is 0 Å². The van der Waals surface area contributed by atoms with Crippen molar-refractivity contribution < 1.29 is 0 Å². The van der Waals surface area contributed by atoms with Crippen LogP contribution in [0.3, 0.4) is 0 Å². The van der Waals surface area contributed by atoms with Crippen molar-refractivity contribution in [1.82, 2.24) is 0 Å². The fourth-order valence-electron chi connectivity index (χ4n) is 2.10. The number of hydrogen-bond acceptors (Lipinski definition) is 0. The van der Waals surface area contributed by atoms with E-state index in [1.807, 2.05) is 6.08 Å². The fourth-order valence-corrected chi connectivity index (χ4v) is 2.99. The largest absolute Gasteiger partial charge is 0.0985 e. The van der Waals surface area contributed by atoms with E-state index >= 15 is 0 Å². The standard InChI is InChI=1S/C15H14I2/c1-2-11-5-6-12-10-13(17)7-8-15(12)14(11)4-3-9-16/h2,5-8,10H,1,3-4,9H2. The molecule has 0 unspecified atom stereocenters. The minimum atomic E-state index is 1.14. The Morgan fingerprint density at radius 3 is 2.71 bits per heavy atom. The monoisotopic (exact) mass is 448 g/mol. The maximum Gasteiger partial charge on any atom is 0.0136 e. The highest BCUT2D eigenvalue weighted by molar-refractivity contribution is 14.1. The van der Waals surface area contributed by atoms with Crippen molar-refractivity contribution in [3.05, 3.63) is 51.6 Å². The second-order valence-corrected chi connectivity index (χ2v) is 6.32. The molecule has 2 rings (SSSR count). The Hall–Kier alpha value is -0.100. The first-order chi connectivity index (χ1) is 8.26. The number of rotatable bonds is 4. The van der Waals surface area contributed by atoms with Crippen molar-refractivity contribution in [2.45, 2.75) is 12.8 Å². The van der Waals surface area contributed by atoms with Crippen LogP contribution in [0.15, 0.2) is 36.9 Å². The summed E-state index contributed by atoms with van der Waals surface area (Å²) in [6.45, 7) is 3.92. The number of alkyl halides is 1. The molecule has 88 valence electrons. The summed E-state index contributed by atoms with van der Waals surface area (Å²) in [5, 5.41) is 2.72. The van der Waals surface area contributed by atoms with Gasteiger partial charge in [-0.2, -0.15) is 0 Å². The maximum atomic E-state index is 3.92. The second kappa shape index (κ2) is 6.18. The van der Waals surface area contributed by atoms with Crippen molar-refractivity contribution in [2.75, 3.05) is 4.43 Å². The summed E-state index contributed by atoms with van der Waals surface area (Å²) in [6, 6.07) is 11.1. The lowest BCUT2D eigenvalue weighted by molar-refractivity contribution is 0.952. The minimum Gasteiger partial charge on any atom is -0.0985 e. The highest BCUT2D eigenvalue weighted by Crippen LogP contribution is 2.26. The zero-order valence-corrected chi connectivity index (χ0v) is 13.9. The number of benzene rings is 2. The summed E-state index contributed by atoms with van der Waals surface area (Å²) in [4.78, 5) is 0. The molecule has 0 nitrogen and oxygen atoms in total. The van der Waals surface area contributed by atoms with Crippen LogP contribution in [0.5, 0.6) is 0 Å². The van der Waals surface area contributed by atoms with Crippen LogP contribution in [0.25, 0.3) is 16.8 Å². The third-order valence-corrected chi connectivity index (χ3v) is 4.34. The van der Waals surface area contributed by atoms with Gasteiger partial charge in [-0.25, -0.2) is 0 Å². The molecule has 17 heavy (non-hydrogen) atoms. The summed E-state index contributed by atoms with van der Waals surface area (Å²) in [6.07, 6.45) is 4.34. The first-order valence-corrected chi connectivity index (χ1v) is 8.26. The summed E-state index contributed by atoms with van der Waals surface area (Å²) in [5.74, 6) is 0. The topological polar surface area (TPSA) is 0 Å². The highest BCUT2D eigenvalue weighted by atomic mass is 127. The van der Waals surface area contributed by atoms with Crippen LogP contribution in [0.4, 0.5) is 0 Å². The van der Waals surface area contributed by atoms with Crippen molar-refractivity contribution in [3.8, 4) is 0 Å². The lowest BCUT2D eigenvalue weighted by atomic mass is 9.96. The van der Waals surface area contributed by atoms with E-state index in [1.165, 1.54) is 36.3 Å². The average Bonchev–Trinajstić information content (AvgIpc) is 2.35. The highest BCUT2D eigenvalue weighted by Gasteiger charge is 2.05. The quantitative estimate of drug-likeness (QED) is 0.431. The van der Waals surface area contributed by atoms with Crippen molar-refractivity contribution >= 4 is 62.0 Å². The Labute approximate surface area is 130 Å². The first-order valence-electron chi connectivity index (χ1n) is 5.66. The predicted octanol–water partition coefficient (Wildman–Crippen LogP) is 5.46. The Kier molecular flexibility index (Phi) is 4.85. The predicted molar refractivity (Wildman–Crippen MR) is 94.0 cm³/mol. The van der Waals surface area contributed by atoms with Crippen LogP contribution in [-0.4, -0.2) is 4.43 Å². The van der Waals surface area contributed by atoms with Crippen LogP contribution < -0.4 is 0 Å². The fraction of sp³-hybridized carbons (Fsp3) is 0.200. The van der Waals surface area contributed by atoms with E-state index in [0.717, 1.165) is 6.42 Å². The molecule has 0 amide bonds. The van der Waals surface area contributed by atoms with Gasteiger partial charge < -0.3 is 0 Å². The molecule has 0 aromatic heterocycles. The van der Waals surface area contributed by atoms with Gasteiger partial charge in [0.05, 0.1) is 0 Å². The van der Waals surface area contributed by atoms with Gasteiger partial charge in [-0.05, 0) is 73.9 Å². The van der Waals surface area contributed by atoms with Crippen molar-refractivity contribution in [2.24, 2.45) is 0 Å². The number of fused-ring (bicyclic) bond motifs is 1. The Bertz CT molecular complexity index is 544. The molecule has 0 aliphatic rings. The van der Waals surface area contributed by atoms with Gasteiger partial charge in [0.25, 0.3) is 0 Å². The molecule has 2 heteroatoms. The van der Waals surface area contributed by atoms with Gasteiger partial charge in [0.15, 0.2) is 0 Å². The normalized spacial score (nSPS) is 10.7. The molecule has 0 bridgehead atoms. The molecule has 0 atom stereocenters. The van der Waals surface area contributed by atoms with Crippen LogP contribution in [-0.2, 0) is 6.42 Å². The molecule has 0 heterocycles. The lowest BCUT2D eigenvalue weighted by Gasteiger charge is -2.10. The van der Waals surface area contributed by atoms with E-state index < -0.39 is 0 Å². The third kappa shape index (κ3) is 3.02. The van der Waals surface area contributed by atoms with Crippen LogP contribution >= 0.6 is 45.2 Å². The summed E-state index contributed by atoms with van der Waals surface area (Å²) < 4.78 is 2.50. The number of hydrogen-bond donors (Lipinski definition) is 0. The molecule has 0 spiro atoms. The van der Waals surface area contributed by atoms with Gasteiger partial charge >= 0.3 is 0 Å². The van der Waals surface area contributed by atoms with Gasteiger partial charge in [-0.3, -0.25) is 0 Å². The van der Waals surface area contributed by atoms with Gasteiger partial charge in [0.2, 0.25) is 0 Å². The van der Waals surface area contributed by atoms with E-state index in [2.05, 4.69) is 82.1 Å². The average molecular weight is 448 g/mol. The molecule has 2 aromatic carbocycles. The molecule has 0 saturated heterocycles. The molecule has 0 N–H and O–H groups in total. The number of halogens is 2. The van der Waals surface area contributed by atoms with Gasteiger partial charge in [-0.1, -0.05) is 53.4 Å². The van der Waals surface area contributed by atoms with Crippen LogP contribution in [0, 0.1) is 3.57 Å². The van der Waals surface area contributed by atoms with E-state index in [9.17, 15) is 0 Å². The van der Waals surface area contributed by atoms with Gasteiger partial charge in [0, 0.05) is 3.57 Å². The maximum absolute atomic E-state index is 3.92. The molecular formula is C15H14I2. The Morgan fingerprint density at radius 2 is 2.00 bits per heavy atom. The molecule has 0 fully saturated rings.